The van der Waals surface area contributed by atoms with Gasteiger partial charge >= 0.3 is 5.97 Å². The summed E-state index contributed by atoms with van der Waals surface area (Å²) in [7, 11) is 1.33. The molecule has 0 radical (unpaired) electrons. The van der Waals surface area contributed by atoms with Crippen LogP contribution in [0.4, 0.5) is 11.4 Å². The Morgan fingerprint density at radius 2 is 1.89 bits per heavy atom. The number of hydrogen-bond acceptors (Lipinski definition) is 5. The van der Waals surface area contributed by atoms with E-state index >= 15 is 0 Å². The van der Waals surface area contributed by atoms with Gasteiger partial charge in [-0.15, -0.1) is 0 Å². The van der Waals surface area contributed by atoms with Crippen molar-refractivity contribution in [3.05, 3.63) is 69.8 Å². The van der Waals surface area contributed by atoms with Crippen LogP contribution in [-0.2, 0) is 14.3 Å². The lowest BCUT2D eigenvalue weighted by Crippen LogP contribution is -2.39. The molecule has 5 nitrogen and oxygen atoms in total. The lowest BCUT2D eigenvalue weighted by Gasteiger charge is -2.32. The Bertz CT molecular complexity index is 985. The standard InChI is InChI=1S/C22H21BrN2O3/c1-12-10-17-19(21(26)18(12)22(27)28-2)20(13-6-5-7-14(23)11-13)25-16-9-4-3-8-15(16)24-17/h3-9,11-12,18,20,24-25H,10H2,1-2H3/t12-,18-,20-/m1/s1. The van der Waals surface area contributed by atoms with Crippen LogP contribution in [-0.4, -0.2) is 18.9 Å². The minimum atomic E-state index is -0.789. The van der Waals surface area contributed by atoms with E-state index in [2.05, 4.69) is 26.6 Å². The molecule has 0 saturated heterocycles. The molecule has 2 N–H and O–H groups in total. The highest BCUT2D eigenvalue weighted by Crippen LogP contribution is 2.43. The Hall–Kier alpha value is -2.60. The number of Topliss-reactive ketones (excluding diaryl/α,β-unsaturated/α-hetero) is 1. The zero-order valence-electron chi connectivity index (χ0n) is 15.7. The number of ether oxygens (including phenoxy) is 1. The van der Waals surface area contributed by atoms with Gasteiger partial charge in [0, 0.05) is 15.7 Å². The highest BCUT2D eigenvalue weighted by atomic mass is 79.9. The monoisotopic (exact) mass is 440 g/mol. The Balaban J connectivity index is 1.88. The second-order valence-corrected chi connectivity index (χ2v) is 8.16. The largest absolute Gasteiger partial charge is 0.468 e. The van der Waals surface area contributed by atoms with Crippen LogP contribution in [0, 0.1) is 11.8 Å². The quantitative estimate of drug-likeness (QED) is 0.524. The SMILES string of the molecule is COC(=O)[C@H]1C(=O)C2=C(C[C@H]1C)Nc1ccccc1N[C@@H]2c1cccc(Br)c1. The first-order valence-corrected chi connectivity index (χ1v) is 10.0. The van der Waals surface area contributed by atoms with Crippen molar-refractivity contribution in [2.75, 3.05) is 17.7 Å². The van der Waals surface area contributed by atoms with Crippen molar-refractivity contribution in [2.24, 2.45) is 11.8 Å². The third-order valence-corrected chi connectivity index (χ3v) is 5.90. The van der Waals surface area contributed by atoms with Gasteiger partial charge in [-0.2, -0.15) is 0 Å². The molecule has 0 unspecified atom stereocenters. The average molecular weight is 441 g/mol. The second-order valence-electron chi connectivity index (χ2n) is 7.24. The molecule has 0 bridgehead atoms. The summed E-state index contributed by atoms with van der Waals surface area (Å²) in [5.41, 5.74) is 4.25. The van der Waals surface area contributed by atoms with Gasteiger partial charge in [0.05, 0.1) is 24.5 Å². The van der Waals surface area contributed by atoms with Crippen LogP contribution >= 0.6 is 15.9 Å². The van der Waals surface area contributed by atoms with E-state index in [-0.39, 0.29) is 17.7 Å². The number of allylic oxidation sites excluding steroid dienone is 1. The van der Waals surface area contributed by atoms with Crippen molar-refractivity contribution in [1.82, 2.24) is 0 Å². The van der Waals surface area contributed by atoms with Gasteiger partial charge in [-0.3, -0.25) is 9.59 Å². The van der Waals surface area contributed by atoms with Gasteiger partial charge in [0.2, 0.25) is 0 Å². The number of halogens is 1. The number of nitrogens with one attached hydrogen (secondary N) is 2. The number of carbonyl (C=O) groups excluding carboxylic acids is 2. The molecule has 1 aliphatic heterocycles. The van der Waals surface area contributed by atoms with Crippen molar-refractivity contribution in [2.45, 2.75) is 19.4 Å². The minimum Gasteiger partial charge on any atom is -0.468 e. The van der Waals surface area contributed by atoms with E-state index < -0.39 is 11.9 Å². The molecule has 1 aliphatic carbocycles. The van der Waals surface area contributed by atoms with E-state index in [4.69, 9.17) is 4.74 Å². The summed E-state index contributed by atoms with van der Waals surface area (Å²) in [6.45, 7) is 1.92. The zero-order valence-corrected chi connectivity index (χ0v) is 17.2. The van der Waals surface area contributed by atoms with Crippen molar-refractivity contribution < 1.29 is 14.3 Å². The van der Waals surface area contributed by atoms with E-state index in [1.165, 1.54) is 7.11 Å². The van der Waals surface area contributed by atoms with Crippen molar-refractivity contribution >= 4 is 39.1 Å². The first-order valence-electron chi connectivity index (χ1n) is 9.22. The van der Waals surface area contributed by atoms with Gasteiger partial charge in [0.15, 0.2) is 5.78 Å². The number of fused-ring (bicyclic) bond motifs is 1. The molecule has 1 heterocycles. The molecule has 28 heavy (non-hydrogen) atoms. The van der Waals surface area contributed by atoms with Gasteiger partial charge < -0.3 is 15.4 Å². The number of methoxy groups -OCH3 is 1. The van der Waals surface area contributed by atoms with Gasteiger partial charge in [0.1, 0.15) is 5.92 Å². The molecule has 0 fully saturated rings. The fraction of sp³-hybridized carbons (Fsp3) is 0.273. The fourth-order valence-corrected chi connectivity index (χ4v) is 4.49. The van der Waals surface area contributed by atoms with Crippen LogP contribution in [0.1, 0.15) is 24.9 Å². The van der Waals surface area contributed by atoms with E-state index in [0.29, 0.717) is 12.0 Å². The predicted octanol–water partition coefficient (Wildman–Crippen LogP) is 4.68. The van der Waals surface area contributed by atoms with Crippen LogP contribution in [0.25, 0.3) is 0 Å². The Morgan fingerprint density at radius 1 is 1.14 bits per heavy atom. The van der Waals surface area contributed by atoms with Crippen molar-refractivity contribution in [3.8, 4) is 0 Å². The van der Waals surface area contributed by atoms with Gasteiger partial charge in [-0.05, 0) is 42.2 Å². The number of esters is 1. The highest BCUT2D eigenvalue weighted by Gasteiger charge is 2.44. The van der Waals surface area contributed by atoms with Gasteiger partial charge in [0.25, 0.3) is 0 Å². The number of anilines is 2. The smallest absolute Gasteiger partial charge is 0.316 e. The van der Waals surface area contributed by atoms with E-state index in [1.807, 2.05) is 55.5 Å². The van der Waals surface area contributed by atoms with Crippen molar-refractivity contribution in [1.29, 1.82) is 0 Å². The maximum Gasteiger partial charge on any atom is 0.316 e. The van der Waals surface area contributed by atoms with Crippen molar-refractivity contribution in [3.63, 3.8) is 0 Å². The van der Waals surface area contributed by atoms with Crippen LogP contribution < -0.4 is 10.6 Å². The van der Waals surface area contributed by atoms with Gasteiger partial charge in [-0.1, -0.05) is 47.1 Å². The van der Waals surface area contributed by atoms with Crippen LogP contribution in [0.2, 0.25) is 0 Å². The molecule has 144 valence electrons. The summed E-state index contributed by atoms with van der Waals surface area (Å²) in [4.78, 5) is 25.8. The zero-order chi connectivity index (χ0) is 19.8. The number of ketones is 1. The molecular weight excluding hydrogens is 420 g/mol. The number of benzene rings is 2. The Labute approximate surface area is 172 Å². The maximum atomic E-state index is 13.5. The van der Waals surface area contributed by atoms with Gasteiger partial charge in [-0.25, -0.2) is 0 Å². The lowest BCUT2D eigenvalue weighted by molar-refractivity contribution is -0.151. The summed E-state index contributed by atoms with van der Waals surface area (Å²) < 4.78 is 5.86. The molecule has 4 rings (SSSR count). The number of carbonyl (C=O) groups is 2. The lowest BCUT2D eigenvalue weighted by atomic mass is 9.75. The second kappa shape index (κ2) is 7.43. The number of rotatable bonds is 2. The van der Waals surface area contributed by atoms with E-state index in [0.717, 1.165) is 27.1 Å². The summed E-state index contributed by atoms with van der Waals surface area (Å²) >= 11 is 3.52. The maximum absolute atomic E-state index is 13.5. The first-order chi connectivity index (χ1) is 13.5. The summed E-state index contributed by atoms with van der Waals surface area (Å²) in [6, 6.07) is 15.4. The molecule has 0 saturated carbocycles. The molecule has 2 aromatic carbocycles. The third kappa shape index (κ3) is 3.22. The van der Waals surface area contributed by atoms with Crippen LogP contribution in [0.15, 0.2) is 64.3 Å². The Kier molecular flexibility index (Phi) is 4.98. The molecule has 6 heteroatoms. The van der Waals surface area contributed by atoms with Crippen LogP contribution in [0.3, 0.4) is 0 Å². The minimum absolute atomic E-state index is 0.139. The fourth-order valence-electron chi connectivity index (χ4n) is 4.07. The molecular formula is C22H21BrN2O3. The first kappa shape index (κ1) is 18.7. The van der Waals surface area contributed by atoms with E-state index in [9.17, 15) is 9.59 Å². The summed E-state index contributed by atoms with van der Waals surface area (Å²) in [6.07, 6.45) is 0.599. The van der Waals surface area contributed by atoms with E-state index in [1.54, 1.807) is 0 Å². The molecule has 3 atom stereocenters. The molecule has 0 spiro atoms. The normalized spacial score (nSPS) is 23.7. The molecule has 0 aromatic heterocycles. The highest BCUT2D eigenvalue weighted by molar-refractivity contribution is 9.10. The summed E-state index contributed by atoms with van der Waals surface area (Å²) in [5, 5.41) is 6.96. The third-order valence-electron chi connectivity index (χ3n) is 5.41. The van der Waals surface area contributed by atoms with Crippen LogP contribution in [0.5, 0.6) is 0 Å². The Morgan fingerprint density at radius 3 is 2.61 bits per heavy atom. The molecule has 0 amide bonds. The average Bonchev–Trinajstić information content (AvgIpc) is 2.84. The number of para-hydroxylation sites is 2. The topological polar surface area (TPSA) is 67.4 Å². The number of hydrogen-bond donors (Lipinski definition) is 2. The molecule has 2 aromatic rings. The predicted molar refractivity (Wildman–Crippen MR) is 112 cm³/mol. The molecule has 2 aliphatic rings. The summed E-state index contributed by atoms with van der Waals surface area (Å²) in [5.74, 6) is -1.58.